The molecule has 104 valence electrons. The molecule has 0 saturated heterocycles. The summed E-state index contributed by atoms with van der Waals surface area (Å²) in [7, 11) is 1.58. The second-order valence-corrected chi connectivity index (χ2v) is 4.42. The van der Waals surface area contributed by atoms with Crippen LogP contribution >= 0.6 is 0 Å². The van der Waals surface area contributed by atoms with Crippen LogP contribution in [0.1, 0.15) is 11.4 Å². The number of aromatic nitrogens is 2. The van der Waals surface area contributed by atoms with Crippen LogP contribution in [0.3, 0.4) is 0 Å². The van der Waals surface area contributed by atoms with E-state index in [0.717, 1.165) is 5.56 Å². The normalized spacial score (nSPS) is 11.8. The van der Waals surface area contributed by atoms with Crippen LogP contribution in [0, 0.1) is 5.92 Å². The highest BCUT2D eigenvalue weighted by atomic mass is 16.5. The highest BCUT2D eigenvalue weighted by Crippen LogP contribution is 2.22. The summed E-state index contributed by atoms with van der Waals surface area (Å²) in [5.41, 5.74) is 0.873. The number of carboxylic acid groups (broad SMARTS) is 1. The van der Waals surface area contributed by atoms with Crippen molar-refractivity contribution >= 4 is 5.97 Å². The predicted molar refractivity (Wildman–Crippen MR) is 73.6 cm³/mol. The van der Waals surface area contributed by atoms with Gasteiger partial charge in [-0.1, -0.05) is 18.2 Å². The number of rotatable bonds is 6. The fourth-order valence-corrected chi connectivity index (χ4v) is 2.04. The van der Waals surface area contributed by atoms with E-state index >= 15 is 0 Å². The molecule has 0 fully saturated rings. The number of carboxylic acids is 1. The van der Waals surface area contributed by atoms with E-state index in [1.807, 2.05) is 24.3 Å². The summed E-state index contributed by atoms with van der Waals surface area (Å²) in [6.45, 7) is 0. The van der Waals surface area contributed by atoms with E-state index in [4.69, 9.17) is 4.74 Å². The maximum absolute atomic E-state index is 11.4. The molecule has 1 atom stereocenters. The molecule has 0 aliphatic heterocycles. The SMILES string of the molecule is COc1ccccc1CC(Cc1ncccn1)C(=O)O. The van der Waals surface area contributed by atoms with Gasteiger partial charge in [0.2, 0.25) is 0 Å². The lowest BCUT2D eigenvalue weighted by atomic mass is 9.95. The zero-order valence-corrected chi connectivity index (χ0v) is 11.2. The zero-order chi connectivity index (χ0) is 14.4. The molecular weight excluding hydrogens is 256 g/mol. The second-order valence-electron chi connectivity index (χ2n) is 4.42. The molecule has 0 aliphatic carbocycles. The van der Waals surface area contributed by atoms with Gasteiger partial charge in [0.05, 0.1) is 13.0 Å². The van der Waals surface area contributed by atoms with E-state index in [2.05, 4.69) is 9.97 Å². The van der Waals surface area contributed by atoms with E-state index in [9.17, 15) is 9.90 Å². The Bertz CT molecular complexity index is 572. The first-order valence-corrected chi connectivity index (χ1v) is 6.31. The summed E-state index contributed by atoms with van der Waals surface area (Å²) in [6.07, 6.45) is 3.92. The molecule has 20 heavy (non-hydrogen) atoms. The predicted octanol–water partition coefficient (Wildman–Crippen LogP) is 1.97. The van der Waals surface area contributed by atoms with Gasteiger partial charge in [0.25, 0.3) is 0 Å². The number of nitrogens with zero attached hydrogens (tertiary/aromatic N) is 2. The summed E-state index contributed by atoms with van der Waals surface area (Å²) < 4.78 is 5.25. The second kappa shape index (κ2) is 6.65. The van der Waals surface area contributed by atoms with Crippen LogP contribution in [0.2, 0.25) is 0 Å². The Balaban J connectivity index is 2.16. The summed E-state index contributed by atoms with van der Waals surface area (Å²) in [5, 5.41) is 9.36. The summed E-state index contributed by atoms with van der Waals surface area (Å²) >= 11 is 0. The molecule has 0 bridgehead atoms. The highest BCUT2D eigenvalue weighted by molar-refractivity contribution is 5.70. The fraction of sp³-hybridized carbons (Fsp3) is 0.267. The molecular formula is C15H16N2O3. The lowest BCUT2D eigenvalue weighted by Gasteiger charge is -2.13. The van der Waals surface area contributed by atoms with Gasteiger partial charge in [-0.05, 0) is 24.1 Å². The topological polar surface area (TPSA) is 72.3 Å². The van der Waals surface area contributed by atoms with E-state index < -0.39 is 11.9 Å². The van der Waals surface area contributed by atoms with Gasteiger partial charge in [-0.25, -0.2) is 9.97 Å². The molecule has 0 aliphatic rings. The Morgan fingerprint density at radius 3 is 2.55 bits per heavy atom. The molecule has 1 heterocycles. The number of methoxy groups -OCH3 is 1. The molecule has 0 saturated carbocycles. The number of hydrogen-bond donors (Lipinski definition) is 1. The Hall–Kier alpha value is -2.43. The van der Waals surface area contributed by atoms with Crippen LogP contribution in [0.5, 0.6) is 5.75 Å². The number of benzene rings is 1. The van der Waals surface area contributed by atoms with Gasteiger partial charge < -0.3 is 9.84 Å². The van der Waals surface area contributed by atoms with E-state index in [0.29, 0.717) is 24.4 Å². The minimum absolute atomic E-state index is 0.300. The van der Waals surface area contributed by atoms with E-state index in [1.165, 1.54) is 0 Å². The largest absolute Gasteiger partial charge is 0.496 e. The molecule has 1 unspecified atom stereocenters. The van der Waals surface area contributed by atoms with Crippen LogP contribution in [0.4, 0.5) is 0 Å². The lowest BCUT2D eigenvalue weighted by molar-refractivity contribution is -0.141. The maximum Gasteiger partial charge on any atom is 0.307 e. The summed E-state index contributed by atoms with van der Waals surface area (Å²) in [5.74, 6) is -0.195. The van der Waals surface area contributed by atoms with Crippen molar-refractivity contribution in [3.05, 3.63) is 54.1 Å². The monoisotopic (exact) mass is 272 g/mol. The molecule has 1 N–H and O–H groups in total. The van der Waals surface area contributed by atoms with Gasteiger partial charge in [-0.2, -0.15) is 0 Å². The molecule has 5 nitrogen and oxygen atoms in total. The summed E-state index contributed by atoms with van der Waals surface area (Å²) in [6, 6.07) is 9.14. The third-order valence-corrected chi connectivity index (χ3v) is 3.06. The molecule has 0 spiro atoms. The zero-order valence-electron chi connectivity index (χ0n) is 11.2. The smallest absolute Gasteiger partial charge is 0.307 e. The van der Waals surface area contributed by atoms with Crippen molar-refractivity contribution in [2.24, 2.45) is 5.92 Å². The third kappa shape index (κ3) is 3.54. The molecule has 2 rings (SSSR count). The van der Waals surface area contributed by atoms with Gasteiger partial charge in [0.1, 0.15) is 11.6 Å². The molecule has 1 aromatic carbocycles. The molecule has 2 aromatic rings. The third-order valence-electron chi connectivity index (χ3n) is 3.06. The number of ether oxygens (including phenoxy) is 1. The average molecular weight is 272 g/mol. The molecule has 0 amide bonds. The van der Waals surface area contributed by atoms with Gasteiger partial charge in [0, 0.05) is 18.8 Å². The first kappa shape index (κ1) is 14.0. The standard InChI is InChI=1S/C15H16N2O3/c1-20-13-6-3-2-5-11(13)9-12(15(18)19)10-14-16-7-4-8-17-14/h2-8,12H,9-10H2,1H3,(H,18,19). The fourth-order valence-electron chi connectivity index (χ4n) is 2.04. The van der Waals surface area contributed by atoms with Crippen molar-refractivity contribution in [2.75, 3.05) is 7.11 Å². The van der Waals surface area contributed by atoms with Crippen molar-refractivity contribution in [1.29, 1.82) is 0 Å². The van der Waals surface area contributed by atoms with Crippen LogP contribution in [-0.4, -0.2) is 28.2 Å². The molecule has 0 radical (unpaired) electrons. The lowest BCUT2D eigenvalue weighted by Crippen LogP contribution is -2.20. The number of aliphatic carboxylic acids is 1. The maximum atomic E-state index is 11.4. The van der Waals surface area contributed by atoms with Crippen molar-refractivity contribution < 1.29 is 14.6 Å². The molecule has 5 heteroatoms. The minimum Gasteiger partial charge on any atom is -0.496 e. The first-order valence-electron chi connectivity index (χ1n) is 6.31. The Morgan fingerprint density at radius 1 is 1.20 bits per heavy atom. The van der Waals surface area contributed by atoms with Gasteiger partial charge in [-0.3, -0.25) is 4.79 Å². The first-order chi connectivity index (χ1) is 9.70. The van der Waals surface area contributed by atoms with Crippen LogP contribution in [-0.2, 0) is 17.6 Å². The Kier molecular flexibility index (Phi) is 4.65. The van der Waals surface area contributed by atoms with Gasteiger partial charge >= 0.3 is 5.97 Å². The van der Waals surface area contributed by atoms with E-state index in [-0.39, 0.29) is 0 Å². The summed E-state index contributed by atoms with van der Waals surface area (Å²) in [4.78, 5) is 19.6. The van der Waals surface area contributed by atoms with Gasteiger partial charge in [0.15, 0.2) is 0 Å². The van der Waals surface area contributed by atoms with Crippen molar-refractivity contribution in [3.8, 4) is 5.75 Å². The number of para-hydroxylation sites is 1. The van der Waals surface area contributed by atoms with Crippen molar-refractivity contribution in [3.63, 3.8) is 0 Å². The van der Waals surface area contributed by atoms with E-state index in [1.54, 1.807) is 25.6 Å². The highest BCUT2D eigenvalue weighted by Gasteiger charge is 2.21. The average Bonchev–Trinajstić information content (AvgIpc) is 2.48. The number of carbonyl (C=O) groups is 1. The van der Waals surface area contributed by atoms with Crippen LogP contribution < -0.4 is 4.74 Å². The Morgan fingerprint density at radius 2 is 1.90 bits per heavy atom. The van der Waals surface area contributed by atoms with Crippen molar-refractivity contribution in [2.45, 2.75) is 12.8 Å². The minimum atomic E-state index is -0.858. The quantitative estimate of drug-likeness (QED) is 0.870. The van der Waals surface area contributed by atoms with Crippen molar-refractivity contribution in [1.82, 2.24) is 9.97 Å². The number of hydrogen-bond acceptors (Lipinski definition) is 4. The van der Waals surface area contributed by atoms with Gasteiger partial charge in [-0.15, -0.1) is 0 Å². The molecule has 1 aromatic heterocycles. The van der Waals surface area contributed by atoms with Crippen LogP contribution in [0.15, 0.2) is 42.7 Å². The van der Waals surface area contributed by atoms with Crippen LogP contribution in [0.25, 0.3) is 0 Å². The Labute approximate surface area is 117 Å².